The molecule has 3 aromatic rings. The standard InChI is InChI=1S/C22H20ClFN2O4S/c1-26(17-9-7-16(24)8-10-17)31(28,29)18-11-12-20(23)19(13-18)22(27)25-14-15-5-3-4-6-21(15)30-2/h3-13H,14H2,1-2H3,(H,25,27). The summed E-state index contributed by atoms with van der Waals surface area (Å²) in [6.45, 7) is 0.172. The predicted molar refractivity (Wildman–Crippen MR) is 118 cm³/mol. The Kier molecular flexibility index (Phi) is 6.82. The fraction of sp³-hybridized carbons (Fsp3) is 0.136. The summed E-state index contributed by atoms with van der Waals surface area (Å²) in [5.74, 6) is -0.390. The van der Waals surface area contributed by atoms with Crippen LogP contribution >= 0.6 is 11.6 Å². The number of para-hydroxylation sites is 1. The van der Waals surface area contributed by atoms with Gasteiger partial charge in [0.25, 0.3) is 15.9 Å². The second-order valence-corrected chi connectivity index (χ2v) is 8.96. The molecule has 0 spiro atoms. The molecular weight excluding hydrogens is 443 g/mol. The van der Waals surface area contributed by atoms with Gasteiger partial charge in [-0.15, -0.1) is 0 Å². The van der Waals surface area contributed by atoms with Gasteiger partial charge in [-0.2, -0.15) is 0 Å². The molecule has 0 heterocycles. The molecule has 1 N–H and O–H groups in total. The van der Waals surface area contributed by atoms with Crippen LogP contribution in [0.2, 0.25) is 5.02 Å². The second kappa shape index (κ2) is 9.36. The number of methoxy groups -OCH3 is 1. The van der Waals surface area contributed by atoms with Crippen molar-refractivity contribution in [3.05, 3.63) is 88.7 Å². The average Bonchev–Trinajstić information content (AvgIpc) is 2.77. The van der Waals surface area contributed by atoms with E-state index in [1.807, 2.05) is 12.1 Å². The number of halogens is 2. The molecule has 9 heteroatoms. The zero-order chi connectivity index (χ0) is 22.6. The van der Waals surface area contributed by atoms with Crippen LogP contribution in [-0.2, 0) is 16.6 Å². The van der Waals surface area contributed by atoms with Gasteiger partial charge >= 0.3 is 0 Å². The lowest BCUT2D eigenvalue weighted by molar-refractivity contribution is 0.0950. The summed E-state index contributed by atoms with van der Waals surface area (Å²) < 4.78 is 45.4. The van der Waals surface area contributed by atoms with E-state index < -0.39 is 21.7 Å². The fourth-order valence-corrected chi connectivity index (χ4v) is 4.33. The van der Waals surface area contributed by atoms with Gasteiger partial charge in [-0.25, -0.2) is 12.8 Å². The number of amides is 1. The normalized spacial score (nSPS) is 11.1. The molecule has 6 nitrogen and oxygen atoms in total. The number of hydrogen-bond acceptors (Lipinski definition) is 4. The summed E-state index contributed by atoms with van der Waals surface area (Å²) in [5, 5.41) is 2.84. The van der Waals surface area contributed by atoms with Gasteiger partial charge in [0.05, 0.1) is 28.3 Å². The summed E-state index contributed by atoms with van der Waals surface area (Å²) in [4.78, 5) is 12.6. The quantitative estimate of drug-likeness (QED) is 0.569. The van der Waals surface area contributed by atoms with Gasteiger partial charge in [0.1, 0.15) is 11.6 Å². The number of sulfonamides is 1. The van der Waals surface area contributed by atoms with Crippen molar-refractivity contribution in [1.29, 1.82) is 0 Å². The minimum absolute atomic E-state index is 0.0187. The monoisotopic (exact) mass is 462 g/mol. The Morgan fingerprint density at radius 3 is 2.45 bits per heavy atom. The molecule has 3 rings (SSSR count). The Balaban J connectivity index is 1.85. The topological polar surface area (TPSA) is 75.7 Å². The molecule has 0 aromatic heterocycles. The Hall–Kier alpha value is -3.10. The average molecular weight is 463 g/mol. The molecule has 1 amide bonds. The van der Waals surface area contributed by atoms with Crippen LogP contribution < -0.4 is 14.4 Å². The molecule has 0 saturated heterocycles. The third-order valence-corrected chi connectivity index (χ3v) is 6.77. The van der Waals surface area contributed by atoms with E-state index in [0.29, 0.717) is 5.75 Å². The first-order valence-electron chi connectivity index (χ1n) is 9.18. The van der Waals surface area contributed by atoms with Gasteiger partial charge in [-0.1, -0.05) is 29.8 Å². The fourth-order valence-electron chi connectivity index (χ4n) is 2.91. The Bertz CT molecular complexity index is 1200. The van der Waals surface area contributed by atoms with E-state index in [1.165, 1.54) is 56.6 Å². The summed E-state index contributed by atoms with van der Waals surface area (Å²) in [7, 11) is -1.13. The van der Waals surface area contributed by atoms with Crippen molar-refractivity contribution >= 4 is 33.2 Å². The molecule has 31 heavy (non-hydrogen) atoms. The molecule has 162 valence electrons. The largest absolute Gasteiger partial charge is 0.496 e. The van der Waals surface area contributed by atoms with Crippen molar-refractivity contribution in [2.24, 2.45) is 0 Å². The smallest absolute Gasteiger partial charge is 0.264 e. The molecule has 0 unspecified atom stereocenters. The zero-order valence-electron chi connectivity index (χ0n) is 16.8. The highest BCUT2D eigenvalue weighted by Gasteiger charge is 2.24. The van der Waals surface area contributed by atoms with Crippen molar-refractivity contribution in [2.45, 2.75) is 11.4 Å². The maximum Gasteiger partial charge on any atom is 0.264 e. The molecule has 0 saturated carbocycles. The van der Waals surface area contributed by atoms with Crippen molar-refractivity contribution < 1.29 is 22.3 Å². The molecule has 0 atom stereocenters. The molecular formula is C22H20ClFN2O4S. The van der Waals surface area contributed by atoms with Crippen LogP contribution in [-0.4, -0.2) is 28.5 Å². The van der Waals surface area contributed by atoms with Crippen molar-refractivity contribution in [2.75, 3.05) is 18.5 Å². The van der Waals surface area contributed by atoms with Gasteiger partial charge in [0.2, 0.25) is 0 Å². The van der Waals surface area contributed by atoms with Crippen LogP contribution in [0.4, 0.5) is 10.1 Å². The van der Waals surface area contributed by atoms with E-state index in [4.69, 9.17) is 16.3 Å². The number of hydrogen-bond donors (Lipinski definition) is 1. The SMILES string of the molecule is COc1ccccc1CNC(=O)c1cc(S(=O)(=O)N(C)c2ccc(F)cc2)ccc1Cl. The first kappa shape index (κ1) is 22.6. The number of nitrogens with zero attached hydrogens (tertiary/aromatic N) is 1. The highest BCUT2D eigenvalue weighted by molar-refractivity contribution is 7.92. The van der Waals surface area contributed by atoms with Crippen LogP contribution in [0.3, 0.4) is 0 Å². The molecule has 0 aliphatic carbocycles. The van der Waals surface area contributed by atoms with Crippen LogP contribution in [0.25, 0.3) is 0 Å². The van der Waals surface area contributed by atoms with E-state index in [0.717, 1.165) is 9.87 Å². The van der Waals surface area contributed by atoms with Crippen LogP contribution in [0, 0.1) is 5.82 Å². The number of carbonyl (C=O) groups excluding carboxylic acids is 1. The number of nitrogens with one attached hydrogen (secondary N) is 1. The van der Waals surface area contributed by atoms with E-state index in [9.17, 15) is 17.6 Å². The summed E-state index contributed by atoms with van der Waals surface area (Å²) in [6.07, 6.45) is 0. The molecule has 0 aliphatic heterocycles. The van der Waals surface area contributed by atoms with Gasteiger partial charge in [-0.3, -0.25) is 9.10 Å². The maximum absolute atomic E-state index is 13.2. The molecule has 0 radical (unpaired) electrons. The predicted octanol–water partition coefficient (Wildman–Crippen LogP) is 4.24. The zero-order valence-corrected chi connectivity index (χ0v) is 18.4. The van der Waals surface area contributed by atoms with Crippen LogP contribution in [0.15, 0.2) is 71.6 Å². The lowest BCUT2D eigenvalue weighted by Gasteiger charge is -2.20. The van der Waals surface area contributed by atoms with Crippen molar-refractivity contribution in [1.82, 2.24) is 5.32 Å². The minimum Gasteiger partial charge on any atom is -0.496 e. The van der Waals surface area contributed by atoms with Crippen LogP contribution in [0.1, 0.15) is 15.9 Å². The molecule has 3 aromatic carbocycles. The Morgan fingerprint density at radius 1 is 1.10 bits per heavy atom. The van der Waals surface area contributed by atoms with E-state index >= 15 is 0 Å². The van der Waals surface area contributed by atoms with Gasteiger partial charge in [0.15, 0.2) is 0 Å². The number of carbonyl (C=O) groups is 1. The highest BCUT2D eigenvalue weighted by Crippen LogP contribution is 2.26. The lowest BCUT2D eigenvalue weighted by Crippen LogP contribution is -2.27. The number of anilines is 1. The molecule has 0 aliphatic rings. The minimum atomic E-state index is -4.00. The van der Waals surface area contributed by atoms with Crippen molar-refractivity contribution in [3.8, 4) is 5.75 Å². The van der Waals surface area contributed by atoms with Crippen LogP contribution in [0.5, 0.6) is 5.75 Å². The van der Waals surface area contributed by atoms with Gasteiger partial charge < -0.3 is 10.1 Å². The third kappa shape index (κ3) is 4.98. The number of benzene rings is 3. The molecule has 0 bridgehead atoms. The van der Waals surface area contributed by atoms with Crippen molar-refractivity contribution in [3.63, 3.8) is 0 Å². The Labute approximate surface area is 185 Å². The first-order valence-corrected chi connectivity index (χ1v) is 11.0. The number of rotatable bonds is 7. The van der Waals surface area contributed by atoms with Gasteiger partial charge in [0, 0.05) is 19.2 Å². The maximum atomic E-state index is 13.2. The summed E-state index contributed by atoms with van der Waals surface area (Å²) in [6, 6.07) is 16.1. The third-order valence-electron chi connectivity index (χ3n) is 4.66. The summed E-state index contributed by atoms with van der Waals surface area (Å²) >= 11 is 6.16. The first-order chi connectivity index (χ1) is 14.7. The van der Waals surface area contributed by atoms with E-state index in [-0.39, 0.29) is 27.7 Å². The Morgan fingerprint density at radius 2 is 1.77 bits per heavy atom. The second-order valence-electron chi connectivity index (χ2n) is 6.59. The lowest BCUT2D eigenvalue weighted by atomic mass is 10.1. The van der Waals surface area contributed by atoms with E-state index in [2.05, 4.69) is 5.32 Å². The van der Waals surface area contributed by atoms with Gasteiger partial charge in [-0.05, 0) is 48.5 Å². The summed E-state index contributed by atoms with van der Waals surface area (Å²) in [5.41, 5.74) is 1.05. The number of ether oxygens (including phenoxy) is 1. The van der Waals surface area contributed by atoms with E-state index in [1.54, 1.807) is 12.1 Å². The highest BCUT2D eigenvalue weighted by atomic mass is 35.5. The molecule has 0 fully saturated rings.